The molecule has 0 aliphatic heterocycles. The van der Waals surface area contributed by atoms with Crippen LogP contribution in [0.25, 0.3) is 0 Å². The minimum Gasteiger partial charge on any atom is -0.478 e. The van der Waals surface area contributed by atoms with Crippen molar-refractivity contribution < 1.29 is 9.66 Å². The van der Waals surface area contributed by atoms with Crippen LogP contribution in [0.5, 0.6) is 5.75 Å². The third-order valence-electron chi connectivity index (χ3n) is 2.62. The minimum atomic E-state index is -0.596. The Labute approximate surface area is 125 Å². The summed E-state index contributed by atoms with van der Waals surface area (Å²) in [6.07, 6.45) is 0.839. The van der Waals surface area contributed by atoms with Crippen molar-refractivity contribution in [3.05, 3.63) is 62.3 Å². The summed E-state index contributed by atoms with van der Waals surface area (Å²) in [6.45, 7) is 1.73. The molecule has 0 N–H and O–H groups in total. The van der Waals surface area contributed by atoms with Gasteiger partial charge in [-0.25, -0.2) is 0 Å². The van der Waals surface area contributed by atoms with Gasteiger partial charge in [-0.15, -0.1) is 0 Å². The molecule has 0 amide bonds. The van der Waals surface area contributed by atoms with Crippen molar-refractivity contribution in [2.24, 2.45) is 0 Å². The Morgan fingerprint density at radius 2 is 2.10 bits per heavy atom. The quantitative estimate of drug-likeness (QED) is 0.618. The summed E-state index contributed by atoms with van der Waals surface area (Å²) in [5.74, 6) is -0.251. The van der Waals surface area contributed by atoms with Crippen LogP contribution in [0.1, 0.15) is 18.6 Å². The molecule has 0 aliphatic rings. The predicted octanol–water partition coefficient (Wildman–Crippen LogP) is 4.44. The van der Waals surface area contributed by atoms with Crippen LogP contribution in [-0.4, -0.2) is 9.91 Å². The lowest BCUT2D eigenvalue weighted by atomic mass is 10.1. The van der Waals surface area contributed by atoms with Gasteiger partial charge in [-0.1, -0.05) is 23.2 Å². The van der Waals surface area contributed by atoms with E-state index in [9.17, 15) is 10.1 Å². The van der Waals surface area contributed by atoms with Gasteiger partial charge in [0.25, 0.3) is 0 Å². The molecule has 0 radical (unpaired) electrons. The maximum absolute atomic E-state index is 10.9. The van der Waals surface area contributed by atoms with Gasteiger partial charge in [0.2, 0.25) is 5.75 Å². The van der Waals surface area contributed by atoms with Gasteiger partial charge in [0.05, 0.1) is 0 Å². The number of hydrogen-bond acceptors (Lipinski definition) is 4. The SMILES string of the molecule is CC(Oc1cccnc1[N+](=O)[O-])c1cc(Cl)ccc1Cl. The van der Waals surface area contributed by atoms with E-state index in [1.807, 2.05) is 0 Å². The highest BCUT2D eigenvalue weighted by molar-refractivity contribution is 6.33. The monoisotopic (exact) mass is 312 g/mol. The molecule has 5 nitrogen and oxygen atoms in total. The van der Waals surface area contributed by atoms with E-state index in [1.165, 1.54) is 12.3 Å². The Bertz CT molecular complexity index is 649. The predicted molar refractivity (Wildman–Crippen MR) is 76.4 cm³/mol. The average molecular weight is 313 g/mol. The highest BCUT2D eigenvalue weighted by atomic mass is 35.5. The normalized spacial score (nSPS) is 11.9. The fourth-order valence-corrected chi connectivity index (χ4v) is 2.14. The molecule has 0 saturated heterocycles. The minimum absolute atomic E-state index is 0.0843. The van der Waals surface area contributed by atoms with Crippen molar-refractivity contribution in [2.45, 2.75) is 13.0 Å². The third-order valence-corrected chi connectivity index (χ3v) is 3.20. The van der Waals surface area contributed by atoms with Gasteiger partial charge in [0.1, 0.15) is 12.3 Å². The van der Waals surface area contributed by atoms with E-state index in [-0.39, 0.29) is 11.6 Å². The number of ether oxygens (including phenoxy) is 1. The summed E-state index contributed by atoms with van der Waals surface area (Å²) in [5, 5.41) is 11.9. The van der Waals surface area contributed by atoms with E-state index in [0.717, 1.165) is 0 Å². The van der Waals surface area contributed by atoms with Crippen molar-refractivity contribution in [2.75, 3.05) is 0 Å². The lowest BCUT2D eigenvalue weighted by molar-refractivity contribution is -0.390. The molecule has 0 aliphatic carbocycles. The maximum Gasteiger partial charge on any atom is 0.406 e. The first-order valence-electron chi connectivity index (χ1n) is 5.70. The van der Waals surface area contributed by atoms with Gasteiger partial charge in [0.15, 0.2) is 0 Å². The summed E-state index contributed by atoms with van der Waals surface area (Å²) in [7, 11) is 0. The van der Waals surface area contributed by atoms with Crippen LogP contribution < -0.4 is 4.74 Å². The topological polar surface area (TPSA) is 65.3 Å². The number of benzene rings is 1. The summed E-state index contributed by atoms with van der Waals surface area (Å²) in [4.78, 5) is 14.0. The zero-order chi connectivity index (χ0) is 14.7. The van der Waals surface area contributed by atoms with E-state index in [0.29, 0.717) is 15.6 Å². The molecule has 7 heteroatoms. The first-order chi connectivity index (χ1) is 9.49. The van der Waals surface area contributed by atoms with Crippen molar-refractivity contribution in [3.8, 4) is 5.75 Å². The molecule has 104 valence electrons. The van der Waals surface area contributed by atoms with E-state index >= 15 is 0 Å². The fraction of sp³-hybridized carbons (Fsp3) is 0.154. The molecule has 0 fully saturated rings. The van der Waals surface area contributed by atoms with Gasteiger partial charge in [-0.2, -0.15) is 0 Å². The Morgan fingerprint density at radius 3 is 2.80 bits per heavy atom. The lowest BCUT2D eigenvalue weighted by Gasteiger charge is -2.16. The number of halogens is 2. The number of pyridine rings is 1. The van der Waals surface area contributed by atoms with Crippen LogP contribution in [0.4, 0.5) is 5.82 Å². The highest BCUT2D eigenvalue weighted by Gasteiger charge is 2.20. The molecule has 0 bridgehead atoms. The van der Waals surface area contributed by atoms with Gasteiger partial charge < -0.3 is 14.9 Å². The van der Waals surface area contributed by atoms with Crippen LogP contribution in [0, 0.1) is 10.1 Å². The van der Waals surface area contributed by atoms with E-state index in [2.05, 4.69) is 4.98 Å². The molecule has 1 unspecified atom stereocenters. The Hall–Kier alpha value is -1.85. The maximum atomic E-state index is 10.9. The first-order valence-corrected chi connectivity index (χ1v) is 6.45. The molecule has 0 spiro atoms. The Kier molecular flexibility index (Phi) is 4.42. The number of aromatic nitrogens is 1. The van der Waals surface area contributed by atoms with Crippen molar-refractivity contribution in [1.82, 2.24) is 4.98 Å². The lowest BCUT2D eigenvalue weighted by Crippen LogP contribution is -2.06. The molecule has 1 aromatic carbocycles. The number of nitrogens with zero attached hydrogens (tertiary/aromatic N) is 2. The Balaban J connectivity index is 2.30. The average Bonchev–Trinajstić information content (AvgIpc) is 2.41. The number of nitro groups is 1. The zero-order valence-corrected chi connectivity index (χ0v) is 11.9. The summed E-state index contributed by atoms with van der Waals surface area (Å²) >= 11 is 12.0. The summed E-state index contributed by atoms with van der Waals surface area (Å²) < 4.78 is 5.58. The molecular weight excluding hydrogens is 303 g/mol. The molecule has 1 heterocycles. The standard InChI is InChI=1S/C13H10Cl2N2O3/c1-8(10-7-9(14)4-5-11(10)15)20-12-3-2-6-16-13(12)17(18)19/h2-8H,1H3. The van der Waals surface area contributed by atoms with E-state index in [4.69, 9.17) is 27.9 Å². The van der Waals surface area contributed by atoms with E-state index in [1.54, 1.807) is 31.2 Å². The molecule has 1 atom stereocenters. The number of hydrogen-bond donors (Lipinski definition) is 0. The Morgan fingerprint density at radius 1 is 1.35 bits per heavy atom. The van der Waals surface area contributed by atoms with Gasteiger partial charge in [0, 0.05) is 15.6 Å². The second-order valence-corrected chi connectivity index (χ2v) is 4.85. The van der Waals surface area contributed by atoms with Crippen LogP contribution in [0.2, 0.25) is 10.0 Å². The third kappa shape index (κ3) is 3.18. The number of rotatable bonds is 4. The second kappa shape index (κ2) is 6.07. The zero-order valence-electron chi connectivity index (χ0n) is 10.4. The largest absolute Gasteiger partial charge is 0.478 e. The van der Waals surface area contributed by atoms with Crippen molar-refractivity contribution >= 4 is 29.0 Å². The van der Waals surface area contributed by atoms with Crippen LogP contribution in [0.3, 0.4) is 0 Å². The van der Waals surface area contributed by atoms with Crippen LogP contribution in [-0.2, 0) is 0 Å². The molecule has 20 heavy (non-hydrogen) atoms. The van der Waals surface area contributed by atoms with Gasteiger partial charge in [-0.3, -0.25) is 0 Å². The molecule has 0 saturated carbocycles. The summed E-state index contributed by atoms with van der Waals surface area (Å²) in [6, 6.07) is 8.02. The molecular formula is C13H10Cl2N2O3. The van der Waals surface area contributed by atoms with E-state index < -0.39 is 11.0 Å². The van der Waals surface area contributed by atoms with Crippen LogP contribution in [0.15, 0.2) is 36.5 Å². The van der Waals surface area contributed by atoms with Crippen LogP contribution >= 0.6 is 23.2 Å². The van der Waals surface area contributed by atoms with Gasteiger partial charge in [-0.05, 0) is 47.2 Å². The second-order valence-electron chi connectivity index (χ2n) is 4.01. The molecule has 1 aromatic heterocycles. The smallest absolute Gasteiger partial charge is 0.406 e. The molecule has 2 aromatic rings. The first kappa shape index (κ1) is 14.6. The summed E-state index contributed by atoms with van der Waals surface area (Å²) in [5.41, 5.74) is 0.650. The highest BCUT2D eigenvalue weighted by Crippen LogP contribution is 2.32. The fourth-order valence-electron chi connectivity index (χ4n) is 1.69. The van der Waals surface area contributed by atoms with Crippen molar-refractivity contribution in [3.63, 3.8) is 0 Å². The van der Waals surface area contributed by atoms with Crippen molar-refractivity contribution in [1.29, 1.82) is 0 Å². The molecule has 2 rings (SSSR count). The van der Waals surface area contributed by atoms with Gasteiger partial charge >= 0.3 is 5.82 Å².